The highest BCUT2D eigenvalue weighted by atomic mass is 16.3. The summed E-state index contributed by atoms with van der Waals surface area (Å²) >= 11 is 0. The van der Waals surface area contributed by atoms with E-state index in [9.17, 15) is 9.90 Å². The minimum absolute atomic E-state index is 0.106. The Kier molecular flexibility index (Phi) is 5.39. The molecule has 1 saturated heterocycles. The molecule has 1 atom stereocenters. The minimum Gasteiger partial charge on any atom is -0.508 e. The first-order chi connectivity index (χ1) is 12.0. The van der Waals surface area contributed by atoms with Crippen molar-refractivity contribution in [3.63, 3.8) is 0 Å². The number of rotatable bonds is 5. The van der Waals surface area contributed by atoms with Crippen LogP contribution in [0.25, 0.3) is 0 Å². The van der Waals surface area contributed by atoms with Gasteiger partial charge < -0.3 is 10.4 Å². The SMILES string of the molecule is Cc1ccccc1CN1CC[C@H](CNC(=O)c2cccc(O)c2C)C1. The van der Waals surface area contributed by atoms with Gasteiger partial charge in [0.1, 0.15) is 5.75 Å². The summed E-state index contributed by atoms with van der Waals surface area (Å²) in [6.07, 6.45) is 1.10. The maximum atomic E-state index is 12.4. The molecule has 0 saturated carbocycles. The number of aryl methyl sites for hydroxylation is 1. The Morgan fingerprint density at radius 2 is 2.00 bits per heavy atom. The zero-order valence-electron chi connectivity index (χ0n) is 15.0. The molecule has 4 heteroatoms. The third-order valence-corrected chi connectivity index (χ3v) is 5.13. The van der Waals surface area contributed by atoms with E-state index in [-0.39, 0.29) is 11.7 Å². The Balaban J connectivity index is 1.51. The summed E-state index contributed by atoms with van der Waals surface area (Å²) in [7, 11) is 0. The molecule has 0 aromatic heterocycles. The molecule has 1 aliphatic heterocycles. The lowest BCUT2D eigenvalue weighted by molar-refractivity contribution is 0.0946. The molecule has 0 aliphatic carbocycles. The highest BCUT2D eigenvalue weighted by Crippen LogP contribution is 2.21. The number of nitrogens with zero attached hydrogens (tertiary/aromatic N) is 1. The van der Waals surface area contributed by atoms with Crippen molar-refractivity contribution in [2.45, 2.75) is 26.8 Å². The molecule has 0 radical (unpaired) electrons. The molecule has 2 aromatic rings. The second-order valence-corrected chi connectivity index (χ2v) is 6.98. The molecule has 0 bridgehead atoms. The number of phenolic OH excluding ortho intramolecular Hbond substituents is 1. The average Bonchev–Trinajstić information content (AvgIpc) is 3.05. The Morgan fingerprint density at radius 1 is 1.20 bits per heavy atom. The van der Waals surface area contributed by atoms with Crippen molar-refractivity contribution in [2.75, 3.05) is 19.6 Å². The zero-order valence-corrected chi connectivity index (χ0v) is 15.0. The molecule has 4 nitrogen and oxygen atoms in total. The van der Waals surface area contributed by atoms with Crippen LogP contribution < -0.4 is 5.32 Å². The van der Waals surface area contributed by atoms with Crippen molar-refractivity contribution in [3.8, 4) is 5.75 Å². The van der Waals surface area contributed by atoms with Crippen molar-refractivity contribution < 1.29 is 9.90 Å². The van der Waals surface area contributed by atoms with Crippen LogP contribution in [0.2, 0.25) is 0 Å². The van der Waals surface area contributed by atoms with E-state index in [0.717, 1.165) is 26.1 Å². The van der Waals surface area contributed by atoms with E-state index in [1.807, 2.05) is 0 Å². The fourth-order valence-corrected chi connectivity index (χ4v) is 3.45. The fraction of sp³-hybridized carbons (Fsp3) is 0.381. The highest BCUT2D eigenvalue weighted by molar-refractivity contribution is 5.96. The van der Waals surface area contributed by atoms with Gasteiger partial charge in [-0.25, -0.2) is 0 Å². The minimum atomic E-state index is -0.106. The van der Waals surface area contributed by atoms with E-state index in [0.29, 0.717) is 23.6 Å². The summed E-state index contributed by atoms with van der Waals surface area (Å²) in [5.74, 6) is 0.536. The van der Waals surface area contributed by atoms with E-state index < -0.39 is 0 Å². The molecule has 0 unspecified atom stereocenters. The van der Waals surface area contributed by atoms with Crippen molar-refractivity contribution in [1.29, 1.82) is 0 Å². The largest absolute Gasteiger partial charge is 0.508 e. The standard InChI is InChI=1S/C21H26N2O2/c1-15-6-3-4-7-18(15)14-23-11-10-17(13-23)12-22-21(25)19-8-5-9-20(24)16(19)2/h3-9,17,24H,10-14H2,1-2H3,(H,22,25)/t17-/m1/s1. The van der Waals surface area contributed by atoms with Crippen LogP contribution in [-0.2, 0) is 6.54 Å². The molecule has 1 amide bonds. The number of carbonyl (C=O) groups excluding carboxylic acids is 1. The van der Waals surface area contributed by atoms with E-state index in [1.165, 1.54) is 11.1 Å². The van der Waals surface area contributed by atoms with Gasteiger partial charge in [0, 0.05) is 30.8 Å². The Bertz CT molecular complexity index is 757. The van der Waals surface area contributed by atoms with Crippen LogP contribution in [0, 0.1) is 19.8 Å². The van der Waals surface area contributed by atoms with Crippen LogP contribution in [0.4, 0.5) is 0 Å². The summed E-state index contributed by atoms with van der Waals surface area (Å²) in [4.78, 5) is 14.8. The van der Waals surface area contributed by atoms with Gasteiger partial charge in [-0.2, -0.15) is 0 Å². The highest BCUT2D eigenvalue weighted by Gasteiger charge is 2.23. The van der Waals surface area contributed by atoms with Crippen LogP contribution in [-0.4, -0.2) is 35.5 Å². The van der Waals surface area contributed by atoms with Crippen molar-refractivity contribution >= 4 is 5.91 Å². The maximum absolute atomic E-state index is 12.4. The van der Waals surface area contributed by atoms with E-state index >= 15 is 0 Å². The lowest BCUT2D eigenvalue weighted by atomic mass is 10.1. The molecule has 0 spiro atoms. The van der Waals surface area contributed by atoms with E-state index in [1.54, 1.807) is 25.1 Å². The lowest BCUT2D eigenvalue weighted by Gasteiger charge is -2.18. The molecule has 1 fully saturated rings. The Hall–Kier alpha value is -2.33. The first-order valence-corrected chi connectivity index (χ1v) is 8.88. The summed E-state index contributed by atoms with van der Waals surface area (Å²) in [6, 6.07) is 13.6. The van der Waals surface area contributed by atoms with Gasteiger partial charge in [0.2, 0.25) is 0 Å². The molecular formula is C21H26N2O2. The number of amides is 1. The zero-order chi connectivity index (χ0) is 17.8. The third-order valence-electron chi connectivity index (χ3n) is 5.13. The van der Waals surface area contributed by atoms with Gasteiger partial charge in [0.05, 0.1) is 0 Å². The van der Waals surface area contributed by atoms with Crippen molar-refractivity contribution in [2.24, 2.45) is 5.92 Å². The van der Waals surface area contributed by atoms with E-state index in [4.69, 9.17) is 0 Å². The van der Waals surface area contributed by atoms with Gasteiger partial charge in [-0.1, -0.05) is 30.3 Å². The number of aromatic hydroxyl groups is 1. The molecule has 1 heterocycles. The molecule has 2 N–H and O–H groups in total. The average molecular weight is 338 g/mol. The molecule has 1 aliphatic rings. The van der Waals surface area contributed by atoms with Gasteiger partial charge in [0.25, 0.3) is 5.91 Å². The van der Waals surface area contributed by atoms with Crippen LogP contribution in [0.3, 0.4) is 0 Å². The van der Waals surface area contributed by atoms with Crippen LogP contribution in [0.15, 0.2) is 42.5 Å². The predicted molar refractivity (Wildman–Crippen MR) is 99.7 cm³/mol. The molecule has 3 rings (SSSR count). The molecule has 25 heavy (non-hydrogen) atoms. The Morgan fingerprint density at radius 3 is 2.80 bits per heavy atom. The van der Waals surface area contributed by atoms with Gasteiger partial charge in [-0.15, -0.1) is 0 Å². The quantitative estimate of drug-likeness (QED) is 0.880. The summed E-state index contributed by atoms with van der Waals surface area (Å²) in [5.41, 5.74) is 3.89. The van der Waals surface area contributed by atoms with Gasteiger partial charge >= 0.3 is 0 Å². The first-order valence-electron chi connectivity index (χ1n) is 8.88. The van der Waals surface area contributed by atoms with Crippen LogP contribution >= 0.6 is 0 Å². The summed E-state index contributed by atoms with van der Waals surface area (Å²) in [5, 5.41) is 12.8. The summed E-state index contributed by atoms with van der Waals surface area (Å²) in [6.45, 7) is 7.65. The maximum Gasteiger partial charge on any atom is 0.251 e. The molecule has 2 aromatic carbocycles. The monoisotopic (exact) mass is 338 g/mol. The second-order valence-electron chi connectivity index (χ2n) is 6.98. The smallest absolute Gasteiger partial charge is 0.251 e. The van der Waals surface area contributed by atoms with E-state index in [2.05, 4.69) is 41.4 Å². The van der Waals surface area contributed by atoms with Gasteiger partial charge in [0.15, 0.2) is 0 Å². The number of nitrogens with one attached hydrogen (secondary N) is 1. The van der Waals surface area contributed by atoms with Crippen molar-refractivity contribution in [1.82, 2.24) is 10.2 Å². The van der Waals surface area contributed by atoms with Crippen molar-refractivity contribution in [3.05, 3.63) is 64.7 Å². The van der Waals surface area contributed by atoms with Crippen LogP contribution in [0.1, 0.15) is 33.5 Å². The molecular weight excluding hydrogens is 312 g/mol. The number of likely N-dealkylation sites (tertiary alicyclic amines) is 1. The lowest BCUT2D eigenvalue weighted by Crippen LogP contribution is -2.31. The predicted octanol–water partition coefficient (Wildman–Crippen LogP) is 3.26. The number of phenols is 1. The number of benzene rings is 2. The number of hydrogen-bond acceptors (Lipinski definition) is 3. The fourth-order valence-electron chi connectivity index (χ4n) is 3.45. The Labute approximate surface area is 149 Å². The van der Waals surface area contributed by atoms with Gasteiger partial charge in [-0.3, -0.25) is 9.69 Å². The van der Waals surface area contributed by atoms with Crippen LogP contribution in [0.5, 0.6) is 5.75 Å². The summed E-state index contributed by atoms with van der Waals surface area (Å²) < 4.78 is 0. The second kappa shape index (κ2) is 7.70. The first kappa shape index (κ1) is 17.5. The third kappa shape index (κ3) is 4.20. The number of hydrogen-bond donors (Lipinski definition) is 2. The number of carbonyl (C=O) groups is 1. The normalized spacial score (nSPS) is 17.6. The topological polar surface area (TPSA) is 52.6 Å². The molecule has 132 valence electrons. The van der Waals surface area contributed by atoms with Gasteiger partial charge in [-0.05, 0) is 56.0 Å².